The van der Waals surface area contributed by atoms with Crippen molar-refractivity contribution in [2.24, 2.45) is 10.7 Å². The highest BCUT2D eigenvalue weighted by atomic mass is 32.2. The molecule has 2 rings (SSSR count). The summed E-state index contributed by atoms with van der Waals surface area (Å²) in [5.74, 6) is -1.49. The molecule has 0 spiro atoms. The fourth-order valence-electron chi connectivity index (χ4n) is 2.25. The van der Waals surface area contributed by atoms with Gasteiger partial charge < -0.3 is 15.6 Å². The van der Waals surface area contributed by atoms with Crippen molar-refractivity contribution in [3.8, 4) is 0 Å². The zero-order chi connectivity index (χ0) is 20.4. The maximum absolute atomic E-state index is 14.2. The average molecular weight is 396 g/mol. The van der Waals surface area contributed by atoms with E-state index in [0.29, 0.717) is 5.76 Å². The number of sulfone groups is 1. The molecule has 1 aromatic heterocycles. The summed E-state index contributed by atoms with van der Waals surface area (Å²) in [6.45, 7) is 4.44. The molecule has 1 heterocycles. The Morgan fingerprint density at radius 3 is 2.59 bits per heavy atom. The van der Waals surface area contributed by atoms with Crippen LogP contribution in [0.1, 0.15) is 35.7 Å². The minimum atomic E-state index is -3.88. The fraction of sp³-hybridized carbons (Fsp3) is 0.353. The number of halogens is 1. The number of aliphatic imine (C=N–C) groups is 1. The molecule has 2 aromatic rings. The Bertz CT molecular complexity index is 996. The number of hydrogen-bond donors (Lipinski definition) is 2. The quantitative estimate of drug-likeness (QED) is 0.568. The van der Waals surface area contributed by atoms with Gasteiger partial charge in [-0.1, -0.05) is 5.16 Å². The van der Waals surface area contributed by atoms with Crippen LogP contribution in [0.5, 0.6) is 0 Å². The lowest BCUT2D eigenvalue weighted by molar-refractivity contribution is 0.101. The van der Waals surface area contributed by atoms with Crippen molar-refractivity contribution in [1.29, 1.82) is 0 Å². The maximum atomic E-state index is 14.2. The van der Waals surface area contributed by atoms with E-state index in [4.69, 9.17) is 10.3 Å². The Hall–Kier alpha value is -2.75. The number of anilines is 1. The minimum absolute atomic E-state index is 0.0547. The van der Waals surface area contributed by atoms with Crippen LogP contribution in [0.25, 0.3) is 0 Å². The van der Waals surface area contributed by atoms with E-state index >= 15 is 0 Å². The monoisotopic (exact) mass is 396 g/mol. The number of aromatic nitrogens is 1. The summed E-state index contributed by atoms with van der Waals surface area (Å²) in [6, 6.07) is 5.11. The molecule has 0 aliphatic rings. The second-order valence-corrected chi connectivity index (χ2v) is 9.00. The van der Waals surface area contributed by atoms with E-state index in [1.165, 1.54) is 39.1 Å². The van der Waals surface area contributed by atoms with Gasteiger partial charge in [0.15, 0.2) is 15.5 Å². The van der Waals surface area contributed by atoms with Gasteiger partial charge in [0, 0.05) is 24.4 Å². The fourth-order valence-corrected chi connectivity index (χ4v) is 3.65. The van der Waals surface area contributed by atoms with Crippen molar-refractivity contribution in [2.75, 3.05) is 12.4 Å². The predicted molar refractivity (Wildman–Crippen MR) is 99.8 cm³/mol. The number of amidine groups is 1. The van der Waals surface area contributed by atoms with Gasteiger partial charge in [0.2, 0.25) is 0 Å². The standard InChI is InChI=1S/C17H21FN4O4S/c1-10-7-14(22-26-10)15(23)21-12-5-6-13(18)11(8-12)9-27(24,25)17(2,3)16(19)20-4/h5-8H,9H2,1-4H3,(H2,19,20)(H,21,23). The lowest BCUT2D eigenvalue weighted by atomic mass is 10.2. The molecule has 0 fully saturated rings. The number of aryl methyl sites for hydroxylation is 1. The third-order valence-electron chi connectivity index (χ3n) is 4.14. The van der Waals surface area contributed by atoms with E-state index in [9.17, 15) is 17.6 Å². The van der Waals surface area contributed by atoms with E-state index in [1.54, 1.807) is 6.92 Å². The first-order valence-electron chi connectivity index (χ1n) is 7.96. The summed E-state index contributed by atoms with van der Waals surface area (Å²) >= 11 is 0. The van der Waals surface area contributed by atoms with Crippen LogP contribution in [0.2, 0.25) is 0 Å². The normalized spacial score (nSPS) is 12.9. The van der Waals surface area contributed by atoms with Gasteiger partial charge in [-0.05, 0) is 39.0 Å². The van der Waals surface area contributed by atoms with E-state index in [-0.39, 0.29) is 22.8 Å². The molecular weight excluding hydrogens is 375 g/mol. The zero-order valence-corrected chi connectivity index (χ0v) is 16.2. The molecule has 1 amide bonds. The highest BCUT2D eigenvalue weighted by molar-refractivity contribution is 7.92. The number of amides is 1. The summed E-state index contributed by atoms with van der Waals surface area (Å²) in [7, 11) is -2.49. The van der Waals surface area contributed by atoms with Crippen LogP contribution in [0.3, 0.4) is 0 Å². The van der Waals surface area contributed by atoms with Crippen molar-refractivity contribution in [2.45, 2.75) is 31.3 Å². The molecule has 8 nitrogen and oxygen atoms in total. The molecule has 1 aromatic carbocycles. The van der Waals surface area contributed by atoms with Gasteiger partial charge >= 0.3 is 0 Å². The molecule has 0 bridgehead atoms. The number of carbonyl (C=O) groups excluding carboxylic acids is 1. The minimum Gasteiger partial charge on any atom is -0.386 e. The van der Waals surface area contributed by atoms with Gasteiger partial charge in [0.1, 0.15) is 22.2 Å². The largest absolute Gasteiger partial charge is 0.386 e. The zero-order valence-electron chi connectivity index (χ0n) is 15.4. The van der Waals surface area contributed by atoms with Gasteiger partial charge in [0.25, 0.3) is 5.91 Å². The summed E-state index contributed by atoms with van der Waals surface area (Å²) in [5, 5.41) is 6.11. The maximum Gasteiger partial charge on any atom is 0.277 e. The van der Waals surface area contributed by atoms with Gasteiger partial charge in [-0.15, -0.1) is 0 Å². The molecule has 0 atom stereocenters. The van der Waals surface area contributed by atoms with Crippen LogP contribution in [0.15, 0.2) is 33.8 Å². The first kappa shape index (κ1) is 20.6. The number of benzene rings is 1. The molecule has 0 unspecified atom stereocenters. The summed E-state index contributed by atoms with van der Waals surface area (Å²) in [6.07, 6.45) is 0. The Kier molecular flexibility index (Phi) is 5.69. The lowest BCUT2D eigenvalue weighted by Crippen LogP contribution is -2.46. The van der Waals surface area contributed by atoms with E-state index in [1.807, 2.05) is 0 Å². The van der Waals surface area contributed by atoms with Crippen molar-refractivity contribution in [3.63, 3.8) is 0 Å². The molecule has 0 saturated carbocycles. The number of nitrogens with zero attached hydrogens (tertiary/aromatic N) is 2. The summed E-state index contributed by atoms with van der Waals surface area (Å²) < 4.78 is 42.9. The second-order valence-electron chi connectivity index (χ2n) is 6.46. The van der Waals surface area contributed by atoms with Crippen LogP contribution in [-0.4, -0.2) is 37.1 Å². The number of hydrogen-bond acceptors (Lipinski definition) is 6. The van der Waals surface area contributed by atoms with Crippen LogP contribution in [0, 0.1) is 12.7 Å². The second kappa shape index (κ2) is 7.47. The first-order valence-corrected chi connectivity index (χ1v) is 9.61. The average Bonchev–Trinajstić information content (AvgIpc) is 3.03. The Balaban J connectivity index is 2.28. The summed E-state index contributed by atoms with van der Waals surface area (Å²) in [5.41, 5.74) is 5.88. The van der Waals surface area contributed by atoms with Crippen molar-refractivity contribution in [1.82, 2.24) is 5.16 Å². The Morgan fingerprint density at radius 1 is 1.37 bits per heavy atom. The van der Waals surface area contributed by atoms with Crippen molar-refractivity contribution >= 4 is 27.3 Å². The van der Waals surface area contributed by atoms with Crippen LogP contribution in [0.4, 0.5) is 10.1 Å². The third kappa shape index (κ3) is 4.33. The topological polar surface area (TPSA) is 128 Å². The van der Waals surface area contributed by atoms with E-state index in [0.717, 1.165) is 6.07 Å². The first-order chi connectivity index (χ1) is 12.5. The van der Waals surface area contributed by atoms with Gasteiger partial charge in [-0.3, -0.25) is 9.79 Å². The number of carbonyl (C=O) groups is 1. The van der Waals surface area contributed by atoms with Crippen LogP contribution >= 0.6 is 0 Å². The van der Waals surface area contributed by atoms with Gasteiger partial charge in [-0.2, -0.15) is 0 Å². The van der Waals surface area contributed by atoms with Crippen LogP contribution in [-0.2, 0) is 15.6 Å². The Morgan fingerprint density at radius 2 is 2.04 bits per heavy atom. The molecular formula is C17H21FN4O4S. The number of nitrogens with two attached hydrogens (primary N) is 1. The highest BCUT2D eigenvalue weighted by Gasteiger charge is 2.38. The highest BCUT2D eigenvalue weighted by Crippen LogP contribution is 2.25. The number of nitrogens with one attached hydrogen (secondary N) is 1. The smallest absolute Gasteiger partial charge is 0.277 e. The van der Waals surface area contributed by atoms with E-state index < -0.39 is 32.1 Å². The Labute approximate surface area is 156 Å². The molecule has 27 heavy (non-hydrogen) atoms. The van der Waals surface area contributed by atoms with E-state index in [2.05, 4.69) is 15.5 Å². The van der Waals surface area contributed by atoms with Gasteiger partial charge in [0.05, 0.1) is 5.75 Å². The third-order valence-corrected chi connectivity index (χ3v) is 6.60. The SMILES string of the molecule is CN=C(N)C(C)(C)S(=O)(=O)Cc1cc(NC(=O)c2cc(C)on2)ccc1F. The van der Waals surface area contributed by atoms with Crippen molar-refractivity contribution < 1.29 is 22.1 Å². The molecule has 0 aliphatic heterocycles. The molecule has 3 N–H and O–H groups in total. The molecule has 10 heteroatoms. The molecule has 0 aliphatic carbocycles. The lowest BCUT2D eigenvalue weighted by Gasteiger charge is -2.24. The molecule has 146 valence electrons. The molecule has 0 saturated heterocycles. The van der Waals surface area contributed by atoms with Crippen LogP contribution < -0.4 is 11.1 Å². The predicted octanol–water partition coefficient (Wildman–Crippen LogP) is 2.05. The number of rotatable bonds is 6. The summed E-state index contributed by atoms with van der Waals surface area (Å²) in [4.78, 5) is 15.9. The molecule has 0 radical (unpaired) electrons. The van der Waals surface area contributed by atoms with Gasteiger partial charge in [-0.25, -0.2) is 12.8 Å². The van der Waals surface area contributed by atoms with Crippen molar-refractivity contribution in [3.05, 3.63) is 47.1 Å².